The minimum atomic E-state index is -0.521. The number of hydrogen-bond donors (Lipinski definition) is 2. The Bertz CT molecular complexity index is 1050. The fraction of sp³-hybridized carbons (Fsp3) is 0.211. The zero-order chi connectivity index (χ0) is 19.6. The van der Waals surface area contributed by atoms with Crippen LogP contribution in [0.5, 0.6) is 5.75 Å². The summed E-state index contributed by atoms with van der Waals surface area (Å²) in [5.74, 6) is 0.279. The third kappa shape index (κ3) is 3.25. The van der Waals surface area contributed by atoms with Gasteiger partial charge in [-0.3, -0.25) is 0 Å². The first-order valence-corrected chi connectivity index (χ1v) is 9.15. The summed E-state index contributed by atoms with van der Waals surface area (Å²) in [5.41, 5.74) is 14.0. The third-order valence-electron chi connectivity index (χ3n) is 3.93. The molecule has 0 spiro atoms. The van der Waals surface area contributed by atoms with Gasteiger partial charge in [-0.25, -0.2) is 9.78 Å². The molecule has 0 aliphatic carbocycles. The maximum Gasteiger partial charge on any atom is 0.350 e. The lowest BCUT2D eigenvalue weighted by Crippen LogP contribution is -2.05. The van der Waals surface area contributed by atoms with Gasteiger partial charge in [0.25, 0.3) is 0 Å². The predicted molar refractivity (Wildman–Crippen MR) is 106 cm³/mol. The highest BCUT2D eigenvalue weighted by atomic mass is 32.1. The van der Waals surface area contributed by atoms with Crippen molar-refractivity contribution in [2.45, 2.75) is 13.8 Å². The molecule has 2 heterocycles. The van der Waals surface area contributed by atoms with Crippen LogP contribution in [0.4, 0.5) is 11.5 Å². The molecular formula is C19H18N4O3S. The minimum Gasteiger partial charge on any atom is -0.494 e. The Morgan fingerprint density at radius 1 is 1.22 bits per heavy atom. The van der Waals surface area contributed by atoms with Crippen molar-refractivity contribution in [2.75, 3.05) is 24.7 Å². The second kappa shape index (κ2) is 7.51. The lowest BCUT2D eigenvalue weighted by atomic mass is 9.97. The van der Waals surface area contributed by atoms with Gasteiger partial charge in [0.2, 0.25) is 0 Å². The number of aromatic nitrogens is 1. The Hall–Kier alpha value is -3.31. The van der Waals surface area contributed by atoms with Crippen molar-refractivity contribution in [3.63, 3.8) is 0 Å². The van der Waals surface area contributed by atoms with Crippen molar-refractivity contribution in [2.24, 2.45) is 0 Å². The number of pyridine rings is 1. The van der Waals surface area contributed by atoms with Gasteiger partial charge in [0.15, 0.2) is 0 Å². The average molecular weight is 382 g/mol. The molecule has 3 aromatic rings. The summed E-state index contributed by atoms with van der Waals surface area (Å²) in [4.78, 5) is 17.2. The summed E-state index contributed by atoms with van der Waals surface area (Å²) in [6.07, 6.45) is 0. The van der Waals surface area contributed by atoms with Gasteiger partial charge >= 0.3 is 5.97 Å². The molecule has 0 fully saturated rings. The maximum absolute atomic E-state index is 12.2. The lowest BCUT2D eigenvalue weighted by Gasteiger charge is -2.10. The zero-order valence-corrected chi connectivity index (χ0v) is 15.7. The molecule has 0 saturated carbocycles. The molecule has 0 amide bonds. The van der Waals surface area contributed by atoms with E-state index in [0.29, 0.717) is 28.1 Å². The van der Waals surface area contributed by atoms with Crippen molar-refractivity contribution in [1.82, 2.24) is 4.98 Å². The van der Waals surface area contributed by atoms with E-state index in [9.17, 15) is 10.1 Å². The number of nitrogen functional groups attached to an aromatic ring is 2. The molecule has 0 unspecified atom stereocenters. The van der Waals surface area contributed by atoms with Crippen molar-refractivity contribution in [1.29, 1.82) is 5.26 Å². The van der Waals surface area contributed by atoms with E-state index in [4.69, 9.17) is 20.9 Å². The van der Waals surface area contributed by atoms with E-state index in [1.165, 1.54) is 0 Å². The Labute approximate surface area is 160 Å². The highest BCUT2D eigenvalue weighted by Gasteiger charge is 2.24. The summed E-state index contributed by atoms with van der Waals surface area (Å²) in [6, 6.07) is 9.35. The van der Waals surface area contributed by atoms with Gasteiger partial charge in [-0.15, -0.1) is 11.3 Å². The predicted octanol–water partition coefficient (Wildman–Crippen LogP) is 3.57. The standard InChI is InChI=1S/C19H18N4O3S/c1-3-25-11-7-5-10(6-8-11)13-12(9-20)17(22)23-18-14(13)15(21)16(27-18)19(24)26-4-2/h5-8H,3-4,21H2,1-2H3,(H2,22,23). The monoisotopic (exact) mass is 382 g/mol. The second-order valence-electron chi connectivity index (χ2n) is 5.56. The Morgan fingerprint density at radius 2 is 1.93 bits per heavy atom. The number of esters is 1. The van der Waals surface area contributed by atoms with Gasteiger partial charge in [0, 0.05) is 10.9 Å². The fourth-order valence-electron chi connectivity index (χ4n) is 2.80. The first kappa shape index (κ1) is 18.5. The van der Waals surface area contributed by atoms with Crippen LogP contribution < -0.4 is 16.2 Å². The summed E-state index contributed by atoms with van der Waals surface area (Å²) in [7, 11) is 0. The van der Waals surface area contributed by atoms with Crippen LogP contribution in [-0.4, -0.2) is 24.2 Å². The molecule has 2 aromatic heterocycles. The average Bonchev–Trinajstić information content (AvgIpc) is 2.98. The first-order chi connectivity index (χ1) is 13.0. The molecule has 27 heavy (non-hydrogen) atoms. The van der Waals surface area contributed by atoms with Gasteiger partial charge in [-0.05, 0) is 31.5 Å². The second-order valence-corrected chi connectivity index (χ2v) is 6.56. The third-order valence-corrected chi connectivity index (χ3v) is 5.01. The van der Waals surface area contributed by atoms with Crippen molar-refractivity contribution >= 4 is 39.0 Å². The lowest BCUT2D eigenvalue weighted by molar-refractivity contribution is 0.0533. The van der Waals surface area contributed by atoms with E-state index in [0.717, 1.165) is 16.9 Å². The molecule has 3 rings (SSSR count). The molecular weight excluding hydrogens is 364 g/mol. The molecule has 0 aliphatic rings. The van der Waals surface area contributed by atoms with E-state index < -0.39 is 5.97 Å². The van der Waals surface area contributed by atoms with Crippen molar-refractivity contribution < 1.29 is 14.3 Å². The number of nitrogens with two attached hydrogens (primary N) is 2. The molecule has 0 radical (unpaired) electrons. The number of fused-ring (bicyclic) bond motifs is 1. The summed E-state index contributed by atoms with van der Waals surface area (Å²) < 4.78 is 10.5. The molecule has 0 aliphatic heterocycles. The summed E-state index contributed by atoms with van der Waals surface area (Å²) in [5, 5.41) is 10.2. The largest absolute Gasteiger partial charge is 0.494 e. The zero-order valence-electron chi connectivity index (χ0n) is 14.9. The first-order valence-electron chi connectivity index (χ1n) is 8.33. The number of nitrogens with zero attached hydrogens (tertiary/aromatic N) is 2. The normalized spacial score (nSPS) is 10.6. The number of carbonyl (C=O) groups excluding carboxylic acids is 1. The molecule has 138 valence electrons. The Morgan fingerprint density at radius 3 is 2.52 bits per heavy atom. The van der Waals surface area contributed by atoms with E-state index in [2.05, 4.69) is 11.1 Å². The van der Waals surface area contributed by atoms with Crippen LogP contribution in [0, 0.1) is 11.3 Å². The molecule has 7 nitrogen and oxygen atoms in total. The molecule has 0 bridgehead atoms. The van der Waals surface area contributed by atoms with Crippen LogP contribution >= 0.6 is 11.3 Å². The number of nitriles is 1. The highest BCUT2D eigenvalue weighted by molar-refractivity contribution is 7.21. The van der Waals surface area contributed by atoms with Gasteiger partial charge < -0.3 is 20.9 Å². The fourth-order valence-corrected chi connectivity index (χ4v) is 3.81. The quantitative estimate of drug-likeness (QED) is 0.646. The van der Waals surface area contributed by atoms with E-state index >= 15 is 0 Å². The molecule has 0 atom stereocenters. The molecule has 0 saturated heterocycles. The van der Waals surface area contributed by atoms with Crippen LogP contribution in [0.3, 0.4) is 0 Å². The maximum atomic E-state index is 12.2. The van der Waals surface area contributed by atoms with Crippen LogP contribution in [0.25, 0.3) is 21.3 Å². The van der Waals surface area contributed by atoms with E-state index in [1.54, 1.807) is 19.1 Å². The van der Waals surface area contributed by atoms with Crippen LogP contribution in [-0.2, 0) is 4.74 Å². The van der Waals surface area contributed by atoms with Gasteiger partial charge in [0.1, 0.15) is 32.9 Å². The van der Waals surface area contributed by atoms with Crippen LogP contribution in [0.15, 0.2) is 24.3 Å². The van der Waals surface area contributed by atoms with Gasteiger partial charge in [0.05, 0.1) is 18.9 Å². The number of ether oxygens (including phenoxy) is 2. The summed E-state index contributed by atoms with van der Waals surface area (Å²) in [6.45, 7) is 4.40. The van der Waals surface area contributed by atoms with Gasteiger partial charge in [-0.1, -0.05) is 12.1 Å². The van der Waals surface area contributed by atoms with Crippen LogP contribution in [0.2, 0.25) is 0 Å². The highest BCUT2D eigenvalue weighted by Crippen LogP contribution is 2.43. The van der Waals surface area contributed by atoms with Crippen molar-refractivity contribution in [3.8, 4) is 22.9 Å². The number of benzene rings is 1. The number of anilines is 2. The number of rotatable bonds is 5. The van der Waals surface area contributed by atoms with Gasteiger partial charge in [-0.2, -0.15) is 5.26 Å². The Balaban J connectivity index is 2.29. The topological polar surface area (TPSA) is 124 Å². The SMILES string of the molecule is CCOC(=O)c1sc2nc(N)c(C#N)c(-c3ccc(OCC)cc3)c2c1N. The molecule has 8 heteroatoms. The Kier molecular flexibility index (Phi) is 5.14. The van der Waals surface area contributed by atoms with E-state index in [1.807, 2.05) is 19.1 Å². The van der Waals surface area contributed by atoms with E-state index in [-0.39, 0.29) is 28.6 Å². The number of carbonyl (C=O) groups is 1. The minimum absolute atomic E-state index is 0.0885. The van der Waals surface area contributed by atoms with Crippen molar-refractivity contribution in [3.05, 3.63) is 34.7 Å². The molecule has 4 N–H and O–H groups in total. The number of hydrogen-bond acceptors (Lipinski definition) is 8. The number of thiophene rings is 1. The van der Waals surface area contributed by atoms with Crippen LogP contribution in [0.1, 0.15) is 29.1 Å². The smallest absolute Gasteiger partial charge is 0.350 e. The summed E-state index contributed by atoms with van der Waals surface area (Å²) >= 11 is 1.10. The molecule has 1 aromatic carbocycles.